The maximum absolute atomic E-state index is 12.7. The second kappa shape index (κ2) is 8.77. The molecule has 3 aromatic rings. The molecule has 0 radical (unpaired) electrons. The highest BCUT2D eigenvalue weighted by atomic mass is 32.1. The number of nitriles is 1. The van der Waals surface area contributed by atoms with E-state index in [4.69, 9.17) is 5.26 Å². The minimum Gasteiger partial charge on any atom is -0.483 e. The molecular formula is C20H17F3N4O3S. The number of halogens is 3. The second-order valence-electron chi connectivity index (χ2n) is 6.73. The van der Waals surface area contributed by atoms with E-state index in [9.17, 15) is 22.8 Å². The molecule has 0 saturated carbocycles. The molecule has 1 N–H and O–H groups in total. The van der Waals surface area contributed by atoms with Gasteiger partial charge in [0.2, 0.25) is 5.91 Å². The topological polar surface area (TPSA) is 97.0 Å². The molecule has 0 aliphatic heterocycles. The van der Waals surface area contributed by atoms with Crippen molar-refractivity contribution in [3.05, 3.63) is 50.9 Å². The van der Waals surface area contributed by atoms with Crippen LogP contribution in [0.2, 0.25) is 0 Å². The van der Waals surface area contributed by atoms with Gasteiger partial charge in [0.25, 0.3) is 5.56 Å². The van der Waals surface area contributed by atoms with Crippen LogP contribution in [0.15, 0.2) is 29.3 Å². The van der Waals surface area contributed by atoms with E-state index >= 15 is 0 Å². The summed E-state index contributed by atoms with van der Waals surface area (Å²) in [6.07, 6.45) is -3.17. The standard InChI is InChI=1S/C20H17F3N4O3S/c1-11-12(2)31-18-17(11)19(29)27(10-25-18)6-5-16(28)26-14-3-4-15(13(7-14)8-24)30-9-20(21,22)23/h3-4,7,10H,5-6,9H2,1-2H3,(H,26,28). The van der Waals surface area contributed by atoms with Crippen molar-refractivity contribution >= 4 is 33.1 Å². The van der Waals surface area contributed by atoms with Gasteiger partial charge >= 0.3 is 6.18 Å². The molecule has 2 aromatic heterocycles. The molecule has 0 bridgehead atoms. The van der Waals surface area contributed by atoms with Gasteiger partial charge in [0.15, 0.2) is 6.61 Å². The number of amides is 1. The highest BCUT2D eigenvalue weighted by Gasteiger charge is 2.29. The summed E-state index contributed by atoms with van der Waals surface area (Å²) in [5.41, 5.74) is 0.730. The number of hydrogen-bond acceptors (Lipinski definition) is 6. The molecule has 0 fully saturated rings. The van der Waals surface area contributed by atoms with Crippen molar-refractivity contribution in [3.8, 4) is 11.8 Å². The molecule has 3 rings (SSSR count). The summed E-state index contributed by atoms with van der Waals surface area (Å²) < 4.78 is 42.9. The summed E-state index contributed by atoms with van der Waals surface area (Å²) in [6.45, 7) is 2.33. The number of aromatic nitrogens is 2. The van der Waals surface area contributed by atoms with E-state index in [0.717, 1.165) is 10.4 Å². The lowest BCUT2D eigenvalue weighted by Gasteiger charge is -2.12. The average molecular weight is 450 g/mol. The summed E-state index contributed by atoms with van der Waals surface area (Å²) in [7, 11) is 0. The average Bonchev–Trinajstić information content (AvgIpc) is 3.00. The van der Waals surface area contributed by atoms with Crippen molar-refractivity contribution < 1.29 is 22.7 Å². The summed E-state index contributed by atoms with van der Waals surface area (Å²) in [5.74, 6) is -0.664. The predicted octanol–water partition coefficient (Wildman–Crippen LogP) is 3.92. The first kappa shape index (κ1) is 22.3. The monoisotopic (exact) mass is 450 g/mol. The zero-order chi connectivity index (χ0) is 22.8. The van der Waals surface area contributed by atoms with Gasteiger partial charge in [0.05, 0.1) is 17.3 Å². The van der Waals surface area contributed by atoms with E-state index in [-0.39, 0.29) is 35.5 Å². The number of carbonyl (C=O) groups is 1. The summed E-state index contributed by atoms with van der Waals surface area (Å²) in [5, 5.41) is 12.2. The second-order valence-corrected chi connectivity index (χ2v) is 7.93. The van der Waals surface area contributed by atoms with Gasteiger partial charge in [-0.15, -0.1) is 11.3 Å². The third-order valence-corrected chi connectivity index (χ3v) is 5.63. The number of rotatable bonds is 6. The molecule has 0 unspecified atom stereocenters. The summed E-state index contributed by atoms with van der Waals surface area (Å²) >= 11 is 1.43. The van der Waals surface area contributed by atoms with Crippen LogP contribution in [0.5, 0.6) is 5.75 Å². The number of nitrogens with zero attached hydrogens (tertiary/aromatic N) is 3. The molecule has 1 aromatic carbocycles. The highest BCUT2D eigenvalue weighted by Crippen LogP contribution is 2.26. The maximum atomic E-state index is 12.7. The van der Waals surface area contributed by atoms with Gasteiger partial charge in [-0.2, -0.15) is 18.4 Å². The third kappa shape index (κ3) is 5.21. The Labute approximate surface area is 178 Å². The molecule has 31 heavy (non-hydrogen) atoms. The Hall–Kier alpha value is -3.39. The first-order valence-corrected chi connectivity index (χ1v) is 9.89. The van der Waals surface area contributed by atoms with Gasteiger partial charge in [-0.05, 0) is 37.6 Å². The number of ether oxygens (including phenoxy) is 1. The van der Waals surface area contributed by atoms with Gasteiger partial charge < -0.3 is 10.1 Å². The Kier molecular flexibility index (Phi) is 6.31. The zero-order valence-electron chi connectivity index (χ0n) is 16.5. The molecule has 0 spiro atoms. The number of aryl methyl sites for hydroxylation is 3. The largest absolute Gasteiger partial charge is 0.483 e. The maximum Gasteiger partial charge on any atom is 0.422 e. The van der Waals surface area contributed by atoms with Crippen molar-refractivity contribution in [2.75, 3.05) is 11.9 Å². The molecular weight excluding hydrogens is 433 g/mol. The van der Waals surface area contributed by atoms with Crippen LogP contribution in [0.25, 0.3) is 10.2 Å². The minimum absolute atomic E-state index is 0.0382. The van der Waals surface area contributed by atoms with Crippen LogP contribution < -0.4 is 15.6 Å². The Morgan fingerprint density at radius 3 is 2.77 bits per heavy atom. The van der Waals surface area contributed by atoms with Crippen LogP contribution in [0.3, 0.4) is 0 Å². The molecule has 1 amide bonds. The van der Waals surface area contributed by atoms with Crippen LogP contribution in [0.1, 0.15) is 22.4 Å². The van der Waals surface area contributed by atoms with Gasteiger partial charge in [0, 0.05) is 23.5 Å². The van der Waals surface area contributed by atoms with E-state index in [1.807, 2.05) is 13.8 Å². The molecule has 7 nitrogen and oxygen atoms in total. The normalized spacial score (nSPS) is 11.4. The Morgan fingerprint density at radius 2 is 2.10 bits per heavy atom. The lowest BCUT2D eigenvalue weighted by Crippen LogP contribution is -2.23. The number of benzene rings is 1. The van der Waals surface area contributed by atoms with Crippen LogP contribution in [-0.4, -0.2) is 28.2 Å². The number of anilines is 1. The molecule has 162 valence electrons. The fourth-order valence-electron chi connectivity index (χ4n) is 2.86. The lowest BCUT2D eigenvalue weighted by molar-refractivity contribution is -0.153. The molecule has 2 heterocycles. The number of nitrogens with one attached hydrogen (secondary N) is 1. The number of hydrogen-bond donors (Lipinski definition) is 1. The molecule has 11 heteroatoms. The lowest BCUT2D eigenvalue weighted by atomic mass is 10.2. The smallest absolute Gasteiger partial charge is 0.422 e. The van der Waals surface area contributed by atoms with Gasteiger partial charge in [-0.3, -0.25) is 14.2 Å². The highest BCUT2D eigenvalue weighted by molar-refractivity contribution is 7.18. The van der Waals surface area contributed by atoms with E-state index in [1.165, 1.54) is 40.4 Å². The predicted molar refractivity (Wildman–Crippen MR) is 109 cm³/mol. The summed E-state index contributed by atoms with van der Waals surface area (Å²) in [6, 6.07) is 5.48. The van der Waals surface area contributed by atoms with Crippen molar-refractivity contribution in [1.29, 1.82) is 5.26 Å². The van der Waals surface area contributed by atoms with Crippen LogP contribution in [-0.2, 0) is 11.3 Å². The van der Waals surface area contributed by atoms with E-state index < -0.39 is 18.7 Å². The van der Waals surface area contributed by atoms with Crippen molar-refractivity contribution in [2.45, 2.75) is 33.0 Å². The Bertz CT molecular complexity index is 1240. The van der Waals surface area contributed by atoms with Gasteiger partial charge in [0.1, 0.15) is 16.6 Å². The molecule has 0 saturated heterocycles. The van der Waals surface area contributed by atoms with Crippen molar-refractivity contribution in [2.24, 2.45) is 0 Å². The van der Waals surface area contributed by atoms with Crippen LogP contribution >= 0.6 is 11.3 Å². The van der Waals surface area contributed by atoms with Crippen molar-refractivity contribution in [1.82, 2.24) is 9.55 Å². The fraction of sp³-hybridized carbons (Fsp3) is 0.300. The van der Waals surface area contributed by atoms with E-state index in [2.05, 4.69) is 15.0 Å². The molecule has 0 aliphatic rings. The van der Waals surface area contributed by atoms with Gasteiger partial charge in [-0.25, -0.2) is 4.98 Å². The number of fused-ring (bicyclic) bond motifs is 1. The number of alkyl halides is 3. The SMILES string of the molecule is Cc1sc2ncn(CCC(=O)Nc3ccc(OCC(F)(F)F)c(C#N)c3)c(=O)c2c1C. The molecule has 0 aliphatic carbocycles. The Morgan fingerprint density at radius 1 is 1.35 bits per heavy atom. The van der Waals surface area contributed by atoms with E-state index in [0.29, 0.717) is 10.2 Å². The first-order valence-electron chi connectivity index (χ1n) is 9.07. The van der Waals surface area contributed by atoms with Crippen LogP contribution in [0, 0.1) is 25.2 Å². The van der Waals surface area contributed by atoms with Crippen molar-refractivity contribution in [3.63, 3.8) is 0 Å². The van der Waals surface area contributed by atoms with Gasteiger partial charge in [-0.1, -0.05) is 0 Å². The first-order chi connectivity index (χ1) is 14.6. The number of carbonyl (C=O) groups excluding carboxylic acids is 1. The number of thiophene rings is 1. The zero-order valence-corrected chi connectivity index (χ0v) is 17.4. The summed E-state index contributed by atoms with van der Waals surface area (Å²) in [4.78, 5) is 30.8. The Balaban J connectivity index is 1.67. The third-order valence-electron chi connectivity index (χ3n) is 4.51. The molecule has 0 atom stereocenters. The van der Waals surface area contributed by atoms with E-state index in [1.54, 1.807) is 6.07 Å². The quantitative estimate of drug-likeness (QED) is 0.614. The minimum atomic E-state index is -4.53. The fourth-order valence-corrected chi connectivity index (χ4v) is 3.84. The van der Waals surface area contributed by atoms with Crippen LogP contribution in [0.4, 0.5) is 18.9 Å².